The molecule has 15 heavy (non-hydrogen) atoms. The van der Waals surface area contributed by atoms with Gasteiger partial charge in [-0.1, -0.05) is 20.8 Å². The monoisotopic (exact) mass is 211 g/mol. The number of hydrogen-bond donors (Lipinski definition) is 0. The van der Waals surface area contributed by atoms with Gasteiger partial charge in [0.05, 0.1) is 5.92 Å². The van der Waals surface area contributed by atoms with Crippen LogP contribution in [0.1, 0.15) is 48.0 Å². The van der Waals surface area contributed by atoms with Crippen molar-refractivity contribution in [2.75, 3.05) is 0 Å². The van der Waals surface area contributed by atoms with Crippen molar-refractivity contribution in [1.29, 1.82) is 0 Å². The fourth-order valence-electron chi connectivity index (χ4n) is 2.01. The summed E-state index contributed by atoms with van der Waals surface area (Å²) in [5.41, 5.74) is -0.527. The number of imide groups is 1. The SMILES string of the molecule is CC(C)(C)[C@H]1CC(=O)N(C(C)(C)C)C1=O. The summed E-state index contributed by atoms with van der Waals surface area (Å²) in [6.07, 6.45) is 0.361. The Kier molecular flexibility index (Phi) is 2.71. The van der Waals surface area contributed by atoms with E-state index in [9.17, 15) is 9.59 Å². The van der Waals surface area contributed by atoms with Crippen LogP contribution in [-0.2, 0) is 9.59 Å². The van der Waals surface area contributed by atoms with Crippen molar-refractivity contribution in [2.24, 2.45) is 11.3 Å². The van der Waals surface area contributed by atoms with Crippen molar-refractivity contribution in [3.8, 4) is 0 Å². The average Bonchev–Trinajstić information content (AvgIpc) is 2.22. The summed E-state index contributed by atoms with van der Waals surface area (Å²) in [5, 5.41) is 0. The van der Waals surface area contributed by atoms with E-state index in [-0.39, 0.29) is 23.1 Å². The maximum absolute atomic E-state index is 12.1. The minimum absolute atomic E-state index is 0.0139. The predicted molar refractivity (Wildman–Crippen MR) is 59.2 cm³/mol. The van der Waals surface area contributed by atoms with Gasteiger partial charge in [-0.3, -0.25) is 14.5 Å². The molecule has 2 amide bonds. The summed E-state index contributed by atoms with van der Waals surface area (Å²) >= 11 is 0. The Labute approximate surface area is 91.8 Å². The van der Waals surface area contributed by atoms with Gasteiger partial charge in [0, 0.05) is 12.0 Å². The van der Waals surface area contributed by atoms with Gasteiger partial charge in [-0.2, -0.15) is 0 Å². The van der Waals surface area contributed by atoms with Gasteiger partial charge in [0.15, 0.2) is 0 Å². The van der Waals surface area contributed by atoms with Gasteiger partial charge in [-0.25, -0.2) is 0 Å². The first-order chi connectivity index (χ1) is 6.55. The van der Waals surface area contributed by atoms with Crippen LogP contribution in [0.3, 0.4) is 0 Å². The largest absolute Gasteiger partial charge is 0.277 e. The second-order valence-electron chi connectivity index (χ2n) is 6.36. The van der Waals surface area contributed by atoms with Gasteiger partial charge in [-0.15, -0.1) is 0 Å². The summed E-state index contributed by atoms with van der Waals surface area (Å²) in [6, 6.07) is 0. The van der Waals surface area contributed by atoms with Gasteiger partial charge in [0.2, 0.25) is 11.8 Å². The third-order valence-corrected chi connectivity index (χ3v) is 2.86. The molecule has 0 aliphatic carbocycles. The number of carbonyl (C=O) groups is 2. The Hall–Kier alpha value is -0.860. The van der Waals surface area contributed by atoms with Crippen molar-refractivity contribution >= 4 is 11.8 Å². The molecular formula is C12H21NO2. The van der Waals surface area contributed by atoms with E-state index in [4.69, 9.17) is 0 Å². The molecule has 1 aliphatic rings. The van der Waals surface area contributed by atoms with E-state index in [1.54, 1.807) is 0 Å². The zero-order valence-corrected chi connectivity index (χ0v) is 10.5. The number of hydrogen-bond acceptors (Lipinski definition) is 2. The van der Waals surface area contributed by atoms with Crippen molar-refractivity contribution in [3.05, 3.63) is 0 Å². The van der Waals surface area contributed by atoms with E-state index < -0.39 is 5.54 Å². The van der Waals surface area contributed by atoms with E-state index in [0.29, 0.717) is 6.42 Å². The van der Waals surface area contributed by atoms with Crippen LogP contribution in [0.25, 0.3) is 0 Å². The third-order valence-electron chi connectivity index (χ3n) is 2.86. The molecular weight excluding hydrogens is 190 g/mol. The van der Waals surface area contributed by atoms with Crippen LogP contribution in [0.15, 0.2) is 0 Å². The molecule has 0 saturated carbocycles. The van der Waals surface area contributed by atoms with E-state index >= 15 is 0 Å². The maximum Gasteiger partial charge on any atom is 0.233 e. The average molecular weight is 211 g/mol. The summed E-state index contributed by atoms with van der Waals surface area (Å²) in [7, 11) is 0. The summed E-state index contributed by atoms with van der Waals surface area (Å²) < 4.78 is 0. The molecule has 1 aliphatic heterocycles. The zero-order valence-electron chi connectivity index (χ0n) is 10.5. The van der Waals surface area contributed by atoms with E-state index in [2.05, 4.69) is 0 Å². The molecule has 0 aromatic heterocycles. The van der Waals surface area contributed by atoms with Crippen molar-refractivity contribution < 1.29 is 9.59 Å². The van der Waals surface area contributed by atoms with Crippen LogP contribution in [0.2, 0.25) is 0 Å². The van der Waals surface area contributed by atoms with Gasteiger partial charge >= 0.3 is 0 Å². The smallest absolute Gasteiger partial charge is 0.233 e. The molecule has 1 saturated heterocycles. The highest BCUT2D eigenvalue weighted by Gasteiger charge is 2.48. The minimum Gasteiger partial charge on any atom is -0.277 e. The first-order valence-corrected chi connectivity index (χ1v) is 5.42. The molecule has 3 heteroatoms. The molecule has 1 fully saturated rings. The van der Waals surface area contributed by atoms with Crippen LogP contribution < -0.4 is 0 Å². The quantitative estimate of drug-likeness (QED) is 0.576. The Balaban J connectivity index is 3.00. The standard InChI is InChI=1S/C12H21NO2/c1-11(2,3)8-7-9(14)13(10(8)15)12(4,5)6/h8H,7H2,1-6H3/t8-/m0/s1. The van der Waals surface area contributed by atoms with Crippen molar-refractivity contribution in [2.45, 2.75) is 53.5 Å². The highest BCUT2D eigenvalue weighted by molar-refractivity contribution is 6.04. The van der Waals surface area contributed by atoms with Gasteiger partial charge < -0.3 is 0 Å². The molecule has 1 atom stereocenters. The highest BCUT2D eigenvalue weighted by Crippen LogP contribution is 2.37. The van der Waals surface area contributed by atoms with E-state index in [1.807, 2.05) is 41.5 Å². The number of carbonyl (C=O) groups excluding carboxylic acids is 2. The predicted octanol–water partition coefficient (Wildman–Crippen LogP) is 2.21. The fourth-order valence-corrected chi connectivity index (χ4v) is 2.01. The fraction of sp³-hybridized carbons (Fsp3) is 0.833. The van der Waals surface area contributed by atoms with Gasteiger partial charge in [0.25, 0.3) is 0 Å². The molecule has 0 aromatic rings. The Morgan fingerprint density at radius 3 is 1.73 bits per heavy atom. The molecule has 0 radical (unpaired) electrons. The lowest BCUT2D eigenvalue weighted by atomic mass is 9.80. The molecule has 0 spiro atoms. The Morgan fingerprint density at radius 2 is 1.53 bits per heavy atom. The summed E-state index contributed by atoms with van der Waals surface area (Å²) in [5.74, 6) is -0.211. The molecule has 0 bridgehead atoms. The van der Waals surface area contributed by atoms with E-state index in [0.717, 1.165) is 0 Å². The third kappa shape index (κ3) is 2.21. The van der Waals surface area contributed by atoms with Gasteiger partial charge in [0.1, 0.15) is 0 Å². The number of nitrogens with zero attached hydrogens (tertiary/aromatic N) is 1. The zero-order chi connectivity index (χ0) is 12.0. The molecule has 1 heterocycles. The second kappa shape index (κ2) is 3.32. The van der Waals surface area contributed by atoms with E-state index in [1.165, 1.54) is 4.90 Å². The molecule has 1 rings (SSSR count). The van der Waals surface area contributed by atoms with Crippen LogP contribution >= 0.6 is 0 Å². The second-order valence-corrected chi connectivity index (χ2v) is 6.36. The van der Waals surface area contributed by atoms with Crippen LogP contribution in [-0.4, -0.2) is 22.3 Å². The molecule has 0 aromatic carbocycles. The topological polar surface area (TPSA) is 37.4 Å². The lowest BCUT2D eigenvalue weighted by Crippen LogP contribution is -2.46. The summed E-state index contributed by atoms with van der Waals surface area (Å²) in [4.78, 5) is 25.3. The molecule has 86 valence electrons. The number of likely N-dealkylation sites (tertiary alicyclic amines) is 1. The first kappa shape index (κ1) is 12.2. The Bertz CT molecular complexity index is 294. The van der Waals surface area contributed by atoms with Crippen LogP contribution in [0.5, 0.6) is 0 Å². The maximum atomic E-state index is 12.1. The lowest BCUT2D eigenvalue weighted by Gasteiger charge is -2.32. The Morgan fingerprint density at radius 1 is 1.07 bits per heavy atom. The highest BCUT2D eigenvalue weighted by atomic mass is 16.2. The van der Waals surface area contributed by atoms with Gasteiger partial charge in [-0.05, 0) is 26.2 Å². The lowest BCUT2D eigenvalue weighted by molar-refractivity contribution is -0.145. The number of amides is 2. The van der Waals surface area contributed by atoms with Crippen molar-refractivity contribution in [3.63, 3.8) is 0 Å². The summed E-state index contributed by atoms with van der Waals surface area (Å²) in [6.45, 7) is 11.7. The first-order valence-electron chi connectivity index (χ1n) is 5.42. The molecule has 0 unspecified atom stereocenters. The van der Waals surface area contributed by atoms with Crippen molar-refractivity contribution in [1.82, 2.24) is 4.90 Å². The molecule has 0 N–H and O–H groups in total. The van der Waals surface area contributed by atoms with Crippen LogP contribution in [0.4, 0.5) is 0 Å². The minimum atomic E-state index is -0.395. The van der Waals surface area contributed by atoms with Crippen LogP contribution in [0, 0.1) is 11.3 Å². The number of rotatable bonds is 0. The normalized spacial score (nSPS) is 23.9. The molecule has 3 nitrogen and oxygen atoms in total.